The predicted molar refractivity (Wildman–Crippen MR) is 107 cm³/mol. The highest BCUT2D eigenvalue weighted by molar-refractivity contribution is 7.89. The van der Waals surface area contributed by atoms with Crippen LogP contribution in [0.1, 0.15) is 37.0 Å². The second-order valence-corrected chi connectivity index (χ2v) is 8.93. The molecule has 1 aliphatic heterocycles. The maximum Gasteiger partial charge on any atom is 0.244 e. The summed E-state index contributed by atoms with van der Waals surface area (Å²) in [5, 5.41) is 9.30. The van der Waals surface area contributed by atoms with Gasteiger partial charge in [0.1, 0.15) is 5.76 Å². The predicted octanol–water partition coefficient (Wildman–Crippen LogP) is 2.91. The molecule has 1 aromatic carbocycles. The van der Waals surface area contributed by atoms with Crippen LogP contribution in [0.2, 0.25) is 0 Å². The van der Waals surface area contributed by atoms with Gasteiger partial charge in [-0.2, -0.15) is 4.31 Å². The van der Waals surface area contributed by atoms with Gasteiger partial charge in [-0.15, -0.1) is 0 Å². The van der Waals surface area contributed by atoms with Crippen molar-refractivity contribution in [2.75, 3.05) is 30.3 Å². The highest BCUT2D eigenvalue weighted by Crippen LogP contribution is 2.25. The molecule has 3 rings (SSSR count). The zero-order chi connectivity index (χ0) is 20.1. The Hall–Kier alpha value is -2.39. The Bertz CT molecular complexity index is 931. The van der Waals surface area contributed by atoms with E-state index in [4.69, 9.17) is 4.52 Å². The van der Waals surface area contributed by atoms with Crippen LogP contribution >= 0.6 is 0 Å². The Morgan fingerprint density at radius 2 is 1.86 bits per heavy atom. The van der Waals surface area contributed by atoms with Crippen molar-refractivity contribution >= 4 is 27.4 Å². The summed E-state index contributed by atoms with van der Waals surface area (Å²) in [5.74, 6) is 0.647. The largest absolute Gasteiger partial charge is 0.376 e. The normalized spacial score (nSPS) is 15.8. The number of amides is 1. The first kappa shape index (κ1) is 20.3. The summed E-state index contributed by atoms with van der Waals surface area (Å²) >= 11 is 0. The average Bonchev–Trinajstić information content (AvgIpc) is 2.89. The monoisotopic (exact) mass is 406 g/mol. The fourth-order valence-corrected chi connectivity index (χ4v) is 4.97. The number of sulfonamides is 1. The molecule has 8 nitrogen and oxygen atoms in total. The van der Waals surface area contributed by atoms with E-state index in [0.29, 0.717) is 35.9 Å². The molecule has 0 saturated carbocycles. The number of nitrogens with zero attached hydrogens (tertiary/aromatic N) is 2. The van der Waals surface area contributed by atoms with E-state index in [-0.39, 0.29) is 17.3 Å². The number of benzene rings is 1. The fraction of sp³-hybridized carbons (Fsp3) is 0.474. The molecule has 1 fully saturated rings. The van der Waals surface area contributed by atoms with Crippen LogP contribution in [0.25, 0.3) is 0 Å². The molecular formula is C19H26N4O4S. The van der Waals surface area contributed by atoms with E-state index >= 15 is 0 Å². The third-order valence-electron chi connectivity index (χ3n) is 4.72. The summed E-state index contributed by atoms with van der Waals surface area (Å²) < 4.78 is 32.7. The highest BCUT2D eigenvalue weighted by Gasteiger charge is 2.26. The summed E-state index contributed by atoms with van der Waals surface area (Å²) in [6.07, 6.45) is 3.90. The van der Waals surface area contributed by atoms with Gasteiger partial charge < -0.3 is 15.2 Å². The molecule has 28 heavy (non-hydrogen) atoms. The van der Waals surface area contributed by atoms with E-state index < -0.39 is 10.0 Å². The van der Waals surface area contributed by atoms with Gasteiger partial charge in [-0.25, -0.2) is 8.42 Å². The number of hydrogen-bond donors (Lipinski definition) is 2. The summed E-state index contributed by atoms with van der Waals surface area (Å²) in [4.78, 5) is 12.3. The van der Waals surface area contributed by atoms with Gasteiger partial charge in [0.25, 0.3) is 0 Å². The van der Waals surface area contributed by atoms with Crippen LogP contribution in [0.4, 0.5) is 11.5 Å². The molecule has 2 aromatic rings. The van der Waals surface area contributed by atoms with Gasteiger partial charge in [0.05, 0.1) is 11.4 Å². The number of rotatable bonds is 6. The van der Waals surface area contributed by atoms with Crippen LogP contribution in [-0.2, 0) is 14.8 Å². The standard InChI is InChI=1S/C19H26N4O4S/c1-14-7-8-16(20-13-19(24)21-18-11-15(2)27-22-18)12-17(14)28(25,26)23-9-5-3-4-6-10-23/h7-8,11-12,20H,3-6,9-10,13H2,1-2H3,(H,21,22,24). The van der Waals surface area contributed by atoms with E-state index in [9.17, 15) is 13.2 Å². The molecule has 1 aliphatic rings. The van der Waals surface area contributed by atoms with Crippen molar-refractivity contribution in [2.24, 2.45) is 0 Å². The summed E-state index contributed by atoms with van der Waals surface area (Å²) in [7, 11) is -3.55. The van der Waals surface area contributed by atoms with E-state index in [1.165, 1.54) is 0 Å². The lowest BCUT2D eigenvalue weighted by Crippen LogP contribution is -2.32. The zero-order valence-electron chi connectivity index (χ0n) is 16.2. The molecule has 1 aromatic heterocycles. The minimum atomic E-state index is -3.55. The molecule has 9 heteroatoms. The number of aryl methyl sites for hydroxylation is 2. The third kappa shape index (κ3) is 4.90. The first-order chi connectivity index (χ1) is 13.4. The minimum Gasteiger partial charge on any atom is -0.376 e. The van der Waals surface area contributed by atoms with E-state index in [1.54, 1.807) is 42.4 Å². The second kappa shape index (κ2) is 8.74. The highest BCUT2D eigenvalue weighted by atomic mass is 32.2. The Balaban J connectivity index is 1.69. The molecule has 152 valence electrons. The van der Waals surface area contributed by atoms with E-state index in [2.05, 4.69) is 15.8 Å². The summed E-state index contributed by atoms with van der Waals surface area (Å²) in [6, 6.07) is 6.75. The Labute approximate surface area is 165 Å². The molecule has 2 heterocycles. The van der Waals surface area contributed by atoms with Crippen molar-refractivity contribution in [1.82, 2.24) is 9.46 Å². The topological polar surface area (TPSA) is 105 Å². The third-order valence-corrected chi connectivity index (χ3v) is 6.76. The summed E-state index contributed by atoms with van der Waals surface area (Å²) in [5.41, 5.74) is 1.27. The lowest BCUT2D eigenvalue weighted by Gasteiger charge is -2.21. The lowest BCUT2D eigenvalue weighted by atomic mass is 10.2. The van der Waals surface area contributed by atoms with E-state index in [0.717, 1.165) is 25.7 Å². The van der Waals surface area contributed by atoms with Gasteiger partial charge in [0.2, 0.25) is 15.9 Å². The zero-order valence-corrected chi connectivity index (χ0v) is 17.0. The number of anilines is 2. The number of aromatic nitrogens is 1. The maximum atomic E-state index is 13.1. The number of carbonyl (C=O) groups excluding carboxylic acids is 1. The van der Waals surface area contributed by atoms with Crippen molar-refractivity contribution < 1.29 is 17.7 Å². The van der Waals surface area contributed by atoms with Crippen LogP contribution in [0.15, 0.2) is 33.7 Å². The molecule has 1 amide bonds. The Morgan fingerprint density at radius 3 is 2.50 bits per heavy atom. The second-order valence-electron chi connectivity index (χ2n) is 7.02. The molecular weight excluding hydrogens is 380 g/mol. The van der Waals surface area contributed by atoms with Gasteiger partial charge >= 0.3 is 0 Å². The van der Waals surface area contributed by atoms with Crippen molar-refractivity contribution in [3.63, 3.8) is 0 Å². The number of nitrogens with one attached hydrogen (secondary N) is 2. The maximum absolute atomic E-state index is 13.1. The van der Waals surface area contributed by atoms with Crippen LogP contribution in [0, 0.1) is 13.8 Å². The molecule has 1 saturated heterocycles. The molecule has 0 bridgehead atoms. The first-order valence-corrected chi connectivity index (χ1v) is 10.9. The molecule has 0 aliphatic carbocycles. The van der Waals surface area contributed by atoms with Crippen LogP contribution in [-0.4, -0.2) is 43.4 Å². The smallest absolute Gasteiger partial charge is 0.244 e. The molecule has 0 atom stereocenters. The van der Waals surface area contributed by atoms with Gasteiger partial charge in [-0.05, 0) is 44.4 Å². The molecule has 2 N–H and O–H groups in total. The van der Waals surface area contributed by atoms with Crippen LogP contribution in [0.3, 0.4) is 0 Å². The Morgan fingerprint density at radius 1 is 1.14 bits per heavy atom. The molecule has 0 spiro atoms. The fourth-order valence-electron chi connectivity index (χ4n) is 3.20. The van der Waals surface area contributed by atoms with Crippen molar-refractivity contribution in [3.05, 3.63) is 35.6 Å². The first-order valence-electron chi connectivity index (χ1n) is 9.44. The van der Waals surface area contributed by atoms with E-state index in [1.807, 2.05) is 0 Å². The van der Waals surface area contributed by atoms with Crippen LogP contribution < -0.4 is 10.6 Å². The molecule has 0 unspecified atom stereocenters. The van der Waals surface area contributed by atoms with Gasteiger partial charge in [0, 0.05) is 24.8 Å². The SMILES string of the molecule is Cc1cc(NC(=O)CNc2ccc(C)c(S(=O)(=O)N3CCCCCC3)c2)no1. The summed E-state index contributed by atoms with van der Waals surface area (Å²) in [6.45, 7) is 4.61. The lowest BCUT2D eigenvalue weighted by molar-refractivity contribution is -0.114. The van der Waals surface area contributed by atoms with Crippen LogP contribution in [0.5, 0.6) is 0 Å². The quantitative estimate of drug-likeness (QED) is 0.764. The Kier molecular flexibility index (Phi) is 6.35. The number of carbonyl (C=O) groups is 1. The van der Waals surface area contributed by atoms with Gasteiger partial charge in [-0.1, -0.05) is 24.1 Å². The van der Waals surface area contributed by atoms with Gasteiger partial charge in [0.15, 0.2) is 5.82 Å². The van der Waals surface area contributed by atoms with Crippen molar-refractivity contribution in [3.8, 4) is 0 Å². The van der Waals surface area contributed by atoms with Gasteiger partial charge in [-0.3, -0.25) is 4.79 Å². The number of hydrogen-bond acceptors (Lipinski definition) is 6. The van der Waals surface area contributed by atoms with Crippen molar-refractivity contribution in [2.45, 2.75) is 44.4 Å². The average molecular weight is 407 g/mol. The minimum absolute atomic E-state index is 0.0157. The molecule has 0 radical (unpaired) electrons. The van der Waals surface area contributed by atoms with Crippen molar-refractivity contribution in [1.29, 1.82) is 0 Å².